The maximum atomic E-state index is 11.8. The van der Waals surface area contributed by atoms with Gasteiger partial charge in [-0.2, -0.15) is 0 Å². The number of anilines is 1. The van der Waals surface area contributed by atoms with Crippen molar-refractivity contribution in [1.82, 2.24) is 9.36 Å². The number of nitrogens with two attached hydrogens (primary N) is 1. The van der Waals surface area contributed by atoms with Gasteiger partial charge in [0.05, 0.1) is 5.69 Å². The van der Waals surface area contributed by atoms with Gasteiger partial charge in [0, 0.05) is 19.2 Å². The third-order valence-electron chi connectivity index (χ3n) is 2.75. The minimum atomic E-state index is -0.121. The molecule has 16 heavy (non-hydrogen) atoms. The summed E-state index contributed by atoms with van der Waals surface area (Å²) in [6, 6.07) is 9.70. The lowest BCUT2D eigenvalue weighted by Gasteiger charge is -2.07. The van der Waals surface area contributed by atoms with E-state index in [-0.39, 0.29) is 5.56 Å². The van der Waals surface area contributed by atoms with E-state index in [1.807, 2.05) is 49.0 Å². The second-order valence-corrected chi connectivity index (χ2v) is 3.67. The van der Waals surface area contributed by atoms with E-state index in [0.717, 1.165) is 11.3 Å². The van der Waals surface area contributed by atoms with Crippen LogP contribution in [-0.4, -0.2) is 9.36 Å². The third kappa shape index (κ3) is 1.43. The number of nitrogen functional groups attached to an aromatic ring is 1. The smallest absolute Gasteiger partial charge is 0.290 e. The predicted molar refractivity (Wildman–Crippen MR) is 65.2 cm³/mol. The number of hydrogen-bond donors (Lipinski definition) is 1. The van der Waals surface area contributed by atoms with Crippen molar-refractivity contribution in [2.75, 3.05) is 5.73 Å². The molecule has 2 rings (SSSR count). The van der Waals surface area contributed by atoms with Crippen LogP contribution in [0.15, 0.2) is 35.1 Å². The first-order chi connectivity index (χ1) is 7.66. The summed E-state index contributed by atoms with van der Waals surface area (Å²) in [4.78, 5) is 11.8. The molecule has 0 saturated heterocycles. The van der Waals surface area contributed by atoms with Crippen LogP contribution in [0.5, 0.6) is 0 Å². The summed E-state index contributed by atoms with van der Waals surface area (Å²) in [6.45, 7) is 2.54. The molecule has 0 aliphatic carbocycles. The van der Waals surface area contributed by atoms with Gasteiger partial charge in [0.15, 0.2) is 0 Å². The van der Waals surface area contributed by atoms with Crippen LogP contribution in [0.2, 0.25) is 0 Å². The molecule has 0 radical (unpaired) electrons. The average molecular weight is 217 g/mol. The molecule has 0 spiro atoms. The van der Waals surface area contributed by atoms with Gasteiger partial charge in [-0.1, -0.05) is 30.3 Å². The Morgan fingerprint density at radius 3 is 2.38 bits per heavy atom. The third-order valence-corrected chi connectivity index (χ3v) is 2.75. The van der Waals surface area contributed by atoms with Crippen LogP contribution in [0.3, 0.4) is 0 Å². The van der Waals surface area contributed by atoms with E-state index >= 15 is 0 Å². The Hall–Kier alpha value is -1.97. The molecule has 1 heterocycles. The Morgan fingerprint density at radius 2 is 1.88 bits per heavy atom. The van der Waals surface area contributed by atoms with Gasteiger partial charge in [-0.15, -0.1) is 0 Å². The zero-order valence-electron chi connectivity index (χ0n) is 9.47. The molecule has 0 aliphatic rings. The van der Waals surface area contributed by atoms with Crippen LogP contribution >= 0.6 is 0 Å². The Morgan fingerprint density at radius 1 is 1.25 bits per heavy atom. The Labute approximate surface area is 93.9 Å². The van der Waals surface area contributed by atoms with Crippen LogP contribution in [0.25, 0.3) is 11.3 Å². The quantitative estimate of drug-likeness (QED) is 0.827. The molecule has 0 amide bonds. The molecule has 4 heteroatoms. The molecule has 0 aliphatic heterocycles. The zero-order valence-corrected chi connectivity index (χ0v) is 9.47. The topological polar surface area (TPSA) is 52.9 Å². The van der Waals surface area contributed by atoms with Gasteiger partial charge >= 0.3 is 0 Å². The zero-order chi connectivity index (χ0) is 11.7. The lowest BCUT2D eigenvalue weighted by Crippen LogP contribution is -2.21. The van der Waals surface area contributed by atoms with Crippen molar-refractivity contribution >= 4 is 5.69 Å². The molecular formula is C12H15N3O. The fourth-order valence-electron chi connectivity index (χ4n) is 1.97. The van der Waals surface area contributed by atoms with Crippen molar-refractivity contribution in [3.8, 4) is 11.3 Å². The van der Waals surface area contributed by atoms with Crippen molar-refractivity contribution in [2.24, 2.45) is 7.05 Å². The molecule has 2 N–H and O–H groups in total. The van der Waals surface area contributed by atoms with E-state index in [0.29, 0.717) is 12.2 Å². The summed E-state index contributed by atoms with van der Waals surface area (Å²) in [7, 11) is 1.85. The van der Waals surface area contributed by atoms with Crippen LogP contribution in [0, 0.1) is 0 Å². The Bertz CT molecular complexity index is 552. The number of benzene rings is 1. The van der Waals surface area contributed by atoms with Crippen molar-refractivity contribution in [3.05, 3.63) is 40.7 Å². The first-order valence-electron chi connectivity index (χ1n) is 5.27. The summed E-state index contributed by atoms with van der Waals surface area (Å²) >= 11 is 0. The van der Waals surface area contributed by atoms with E-state index in [1.165, 1.54) is 0 Å². The molecule has 0 unspecified atom stereocenters. The highest BCUT2D eigenvalue weighted by Crippen LogP contribution is 2.22. The van der Waals surface area contributed by atoms with Crippen LogP contribution in [0.4, 0.5) is 5.69 Å². The van der Waals surface area contributed by atoms with Gasteiger partial charge in [0.2, 0.25) is 0 Å². The van der Waals surface area contributed by atoms with Crippen molar-refractivity contribution in [2.45, 2.75) is 13.5 Å². The van der Waals surface area contributed by atoms with Gasteiger partial charge in [0.25, 0.3) is 5.56 Å². The molecule has 0 fully saturated rings. The van der Waals surface area contributed by atoms with Crippen molar-refractivity contribution < 1.29 is 0 Å². The lowest BCUT2D eigenvalue weighted by atomic mass is 10.1. The lowest BCUT2D eigenvalue weighted by molar-refractivity contribution is 0.524. The van der Waals surface area contributed by atoms with Crippen LogP contribution in [0.1, 0.15) is 6.92 Å². The standard InChI is InChI=1S/C12H15N3O/c1-3-15-12(16)10(13)11(14(15)2)9-7-5-4-6-8-9/h4-8H,3,13H2,1-2H3. The molecule has 0 bridgehead atoms. The van der Waals surface area contributed by atoms with Crippen LogP contribution in [-0.2, 0) is 13.6 Å². The van der Waals surface area contributed by atoms with Gasteiger partial charge < -0.3 is 5.73 Å². The van der Waals surface area contributed by atoms with E-state index in [9.17, 15) is 4.79 Å². The number of hydrogen-bond acceptors (Lipinski definition) is 2. The fraction of sp³-hybridized carbons (Fsp3) is 0.250. The first-order valence-corrected chi connectivity index (χ1v) is 5.27. The number of rotatable bonds is 2. The maximum Gasteiger partial charge on any atom is 0.290 e. The molecule has 2 aromatic rings. The van der Waals surface area contributed by atoms with Gasteiger partial charge in [-0.3, -0.25) is 9.48 Å². The van der Waals surface area contributed by atoms with Gasteiger partial charge in [-0.25, -0.2) is 4.68 Å². The molecular weight excluding hydrogens is 202 g/mol. The second-order valence-electron chi connectivity index (χ2n) is 3.67. The summed E-state index contributed by atoms with van der Waals surface area (Å²) in [5.41, 5.74) is 7.80. The maximum absolute atomic E-state index is 11.8. The first kappa shape index (κ1) is 10.5. The molecule has 4 nitrogen and oxygen atoms in total. The highest BCUT2D eigenvalue weighted by molar-refractivity contribution is 5.72. The highest BCUT2D eigenvalue weighted by Gasteiger charge is 2.15. The summed E-state index contributed by atoms with van der Waals surface area (Å²) in [6.07, 6.45) is 0. The normalized spacial score (nSPS) is 10.6. The van der Waals surface area contributed by atoms with E-state index in [2.05, 4.69) is 0 Å². The second kappa shape index (κ2) is 3.89. The largest absolute Gasteiger partial charge is 0.392 e. The average Bonchev–Trinajstić information content (AvgIpc) is 2.51. The van der Waals surface area contributed by atoms with Crippen molar-refractivity contribution in [1.29, 1.82) is 0 Å². The highest BCUT2D eigenvalue weighted by atomic mass is 16.1. The number of nitrogens with zero attached hydrogens (tertiary/aromatic N) is 2. The minimum absolute atomic E-state index is 0.121. The monoisotopic (exact) mass is 217 g/mol. The van der Waals surface area contributed by atoms with Gasteiger partial charge in [-0.05, 0) is 6.92 Å². The molecule has 84 valence electrons. The van der Waals surface area contributed by atoms with E-state index in [4.69, 9.17) is 5.73 Å². The van der Waals surface area contributed by atoms with Gasteiger partial charge in [0.1, 0.15) is 5.69 Å². The molecule has 1 aromatic carbocycles. The summed E-state index contributed by atoms with van der Waals surface area (Å²) < 4.78 is 3.44. The Kier molecular flexibility index (Phi) is 2.56. The van der Waals surface area contributed by atoms with E-state index in [1.54, 1.807) is 4.68 Å². The molecule has 0 atom stereocenters. The number of aromatic nitrogens is 2. The SMILES string of the molecule is CCn1c(=O)c(N)c(-c2ccccc2)n1C. The predicted octanol–water partition coefficient (Wildman–Crippen LogP) is 1.46. The van der Waals surface area contributed by atoms with Crippen LogP contribution < -0.4 is 11.3 Å². The summed E-state index contributed by atoms with van der Waals surface area (Å²) in [5, 5.41) is 0. The fourth-order valence-corrected chi connectivity index (χ4v) is 1.97. The summed E-state index contributed by atoms with van der Waals surface area (Å²) in [5.74, 6) is 0. The van der Waals surface area contributed by atoms with E-state index < -0.39 is 0 Å². The minimum Gasteiger partial charge on any atom is -0.392 e. The molecule has 1 aromatic heterocycles. The Balaban J connectivity index is 2.72. The van der Waals surface area contributed by atoms with Crippen molar-refractivity contribution in [3.63, 3.8) is 0 Å². The molecule has 0 saturated carbocycles.